The molecule has 36 heavy (non-hydrogen) atoms. The van der Waals surface area contributed by atoms with E-state index in [-0.39, 0.29) is 23.9 Å². The van der Waals surface area contributed by atoms with E-state index in [1.807, 2.05) is 24.3 Å². The van der Waals surface area contributed by atoms with Crippen molar-refractivity contribution in [2.75, 3.05) is 13.2 Å². The Labute approximate surface area is 212 Å². The van der Waals surface area contributed by atoms with Gasteiger partial charge in [-0.2, -0.15) is 0 Å². The zero-order valence-corrected chi connectivity index (χ0v) is 20.0. The van der Waals surface area contributed by atoms with Gasteiger partial charge in [0.05, 0.1) is 12.1 Å². The fraction of sp³-hybridized carbons (Fsp3) is 0.188. The second-order valence-electron chi connectivity index (χ2n) is 9.22. The van der Waals surface area contributed by atoms with Crippen molar-refractivity contribution in [1.29, 1.82) is 0 Å². The van der Waals surface area contributed by atoms with Crippen LogP contribution in [-0.4, -0.2) is 37.1 Å². The van der Waals surface area contributed by atoms with E-state index in [4.69, 9.17) is 19.5 Å². The molecule has 4 aromatic carbocycles. The molecular weight excluding hydrogens is 444 g/mol. The highest BCUT2D eigenvalue weighted by molar-refractivity contribution is 6.36. The van der Waals surface area contributed by atoms with E-state index in [0.29, 0.717) is 25.0 Å². The number of hydrogen-bond acceptors (Lipinski definition) is 4. The SMILES string of the molecule is c1ccc(C(c2ccccc2)C2COC(C3=NC(C(c4ccccc4)c4ccccc4)CO3)=N2)cc1. The number of ether oxygens (including phenoxy) is 2. The van der Waals surface area contributed by atoms with Crippen molar-refractivity contribution in [3.63, 3.8) is 0 Å². The van der Waals surface area contributed by atoms with Gasteiger partial charge in [0.1, 0.15) is 13.2 Å². The highest BCUT2D eigenvalue weighted by atomic mass is 16.5. The van der Waals surface area contributed by atoms with Gasteiger partial charge < -0.3 is 9.47 Å². The third-order valence-electron chi connectivity index (χ3n) is 6.94. The van der Waals surface area contributed by atoms with Gasteiger partial charge in [-0.1, -0.05) is 121 Å². The standard InChI is InChI=1S/C32H28N2O2/c1-5-13-23(14-6-1)29(24-15-7-2-8-16-24)27-21-35-31(33-27)32-34-28(22-36-32)30(25-17-9-3-10-18-25)26-19-11-4-12-20-26/h1-20,27-30H,21-22H2. The first kappa shape index (κ1) is 22.3. The van der Waals surface area contributed by atoms with Gasteiger partial charge in [0, 0.05) is 11.8 Å². The Balaban J connectivity index is 1.30. The molecule has 2 aliphatic rings. The third kappa shape index (κ3) is 4.55. The molecule has 0 saturated carbocycles. The fourth-order valence-electron chi connectivity index (χ4n) is 5.27. The van der Waals surface area contributed by atoms with Gasteiger partial charge in [-0.15, -0.1) is 0 Å². The Kier molecular flexibility index (Phi) is 6.32. The first-order valence-electron chi connectivity index (χ1n) is 12.5. The first-order chi connectivity index (χ1) is 17.9. The molecule has 4 aromatic rings. The molecular formula is C32H28N2O2. The lowest BCUT2D eigenvalue weighted by Gasteiger charge is -2.21. The van der Waals surface area contributed by atoms with Crippen LogP contribution in [0.3, 0.4) is 0 Å². The van der Waals surface area contributed by atoms with Gasteiger partial charge >= 0.3 is 0 Å². The van der Waals surface area contributed by atoms with Crippen molar-refractivity contribution in [2.45, 2.75) is 23.9 Å². The van der Waals surface area contributed by atoms with E-state index < -0.39 is 0 Å². The maximum atomic E-state index is 6.11. The predicted octanol–water partition coefficient (Wildman–Crippen LogP) is 6.25. The summed E-state index contributed by atoms with van der Waals surface area (Å²) in [7, 11) is 0. The smallest absolute Gasteiger partial charge is 0.273 e. The monoisotopic (exact) mass is 472 g/mol. The number of rotatable bonds is 7. The molecule has 6 rings (SSSR count). The zero-order valence-electron chi connectivity index (χ0n) is 20.0. The van der Waals surface area contributed by atoms with Crippen LogP contribution < -0.4 is 0 Å². The molecule has 2 unspecified atom stereocenters. The maximum absolute atomic E-state index is 6.11. The summed E-state index contributed by atoms with van der Waals surface area (Å²) in [5.74, 6) is 1.23. The van der Waals surface area contributed by atoms with Crippen LogP contribution >= 0.6 is 0 Å². The average molecular weight is 473 g/mol. The summed E-state index contributed by atoms with van der Waals surface area (Å²) in [6, 6.07) is 42.0. The van der Waals surface area contributed by atoms with E-state index >= 15 is 0 Å². The molecule has 0 aromatic heterocycles. The summed E-state index contributed by atoms with van der Waals surface area (Å²) in [5.41, 5.74) is 4.90. The molecule has 0 amide bonds. The van der Waals surface area contributed by atoms with E-state index in [2.05, 4.69) is 97.1 Å². The van der Waals surface area contributed by atoms with Crippen LogP contribution in [0.15, 0.2) is 131 Å². The Morgan fingerprint density at radius 1 is 0.444 bits per heavy atom. The van der Waals surface area contributed by atoms with Crippen molar-refractivity contribution in [3.8, 4) is 0 Å². The molecule has 178 valence electrons. The van der Waals surface area contributed by atoms with E-state index in [1.165, 1.54) is 22.3 Å². The topological polar surface area (TPSA) is 43.2 Å². The Morgan fingerprint density at radius 2 is 0.722 bits per heavy atom. The molecule has 0 fully saturated rings. The normalized spacial score (nSPS) is 19.1. The summed E-state index contributed by atoms with van der Waals surface area (Å²) >= 11 is 0. The highest BCUT2D eigenvalue weighted by Crippen LogP contribution is 2.35. The number of aliphatic imine (C=N–C) groups is 2. The molecule has 0 bridgehead atoms. The van der Waals surface area contributed by atoms with Crippen LogP contribution in [0.5, 0.6) is 0 Å². The van der Waals surface area contributed by atoms with Crippen LogP contribution in [0, 0.1) is 0 Å². The molecule has 2 atom stereocenters. The van der Waals surface area contributed by atoms with Crippen LogP contribution in [0.25, 0.3) is 0 Å². The lowest BCUT2D eigenvalue weighted by molar-refractivity contribution is 0.287. The lowest BCUT2D eigenvalue weighted by atomic mass is 9.86. The molecule has 4 nitrogen and oxygen atoms in total. The summed E-state index contributed by atoms with van der Waals surface area (Å²) in [5, 5.41) is 0. The average Bonchev–Trinajstić information content (AvgIpc) is 3.62. The van der Waals surface area contributed by atoms with Crippen LogP contribution in [0.1, 0.15) is 34.1 Å². The van der Waals surface area contributed by atoms with Crippen molar-refractivity contribution < 1.29 is 9.47 Å². The van der Waals surface area contributed by atoms with Crippen LogP contribution in [0.4, 0.5) is 0 Å². The molecule has 0 N–H and O–H groups in total. The number of hydrogen-bond donors (Lipinski definition) is 0. The van der Waals surface area contributed by atoms with Crippen molar-refractivity contribution in [1.82, 2.24) is 0 Å². The number of nitrogens with zero attached hydrogens (tertiary/aromatic N) is 2. The van der Waals surface area contributed by atoms with E-state index in [0.717, 1.165) is 0 Å². The summed E-state index contributed by atoms with van der Waals surface area (Å²) in [6.45, 7) is 0.995. The Morgan fingerprint density at radius 3 is 1.00 bits per heavy atom. The largest absolute Gasteiger partial charge is 0.472 e. The van der Waals surface area contributed by atoms with Gasteiger partial charge in [0.25, 0.3) is 11.8 Å². The third-order valence-corrected chi connectivity index (χ3v) is 6.94. The molecule has 4 heteroatoms. The van der Waals surface area contributed by atoms with Crippen LogP contribution in [0.2, 0.25) is 0 Å². The Bertz CT molecular complexity index is 1150. The molecule has 2 heterocycles. The summed E-state index contributed by atoms with van der Waals surface area (Å²) in [6.07, 6.45) is 0. The van der Waals surface area contributed by atoms with Gasteiger partial charge in [-0.05, 0) is 22.3 Å². The molecule has 2 aliphatic heterocycles. The summed E-state index contributed by atoms with van der Waals surface area (Å²) < 4.78 is 12.2. The molecule has 0 radical (unpaired) electrons. The van der Waals surface area contributed by atoms with Gasteiger partial charge in [-0.25, -0.2) is 9.98 Å². The maximum Gasteiger partial charge on any atom is 0.273 e. The zero-order chi connectivity index (χ0) is 24.2. The lowest BCUT2D eigenvalue weighted by Crippen LogP contribution is -2.19. The quantitative estimate of drug-likeness (QED) is 0.319. The minimum absolute atomic E-state index is 0.0470. The highest BCUT2D eigenvalue weighted by Gasteiger charge is 2.37. The molecule has 0 aliphatic carbocycles. The molecule has 0 spiro atoms. The van der Waals surface area contributed by atoms with E-state index in [1.54, 1.807) is 0 Å². The fourth-order valence-corrected chi connectivity index (χ4v) is 5.27. The minimum Gasteiger partial charge on any atom is -0.472 e. The first-order valence-corrected chi connectivity index (χ1v) is 12.5. The molecule has 0 saturated heterocycles. The van der Waals surface area contributed by atoms with Gasteiger partial charge in [0.2, 0.25) is 0 Å². The predicted molar refractivity (Wildman–Crippen MR) is 144 cm³/mol. The van der Waals surface area contributed by atoms with Gasteiger partial charge in [0.15, 0.2) is 0 Å². The van der Waals surface area contributed by atoms with Crippen molar-refractivity contribution in [2.24, 2.45) is 9.98 Å². The summed E-state index contributed by atoms with van der Waals surface area (Å²) in [4.78, 5) is 10.0. The van der Waals surface area contributed by atoms with Crippen LogP contribution in [-0.2, 0) is 9.47 Å². The Hall–Kier alpha value is -4.18. The van der Waals surface area contributed by atoms with Crippen molar-refractivity contribution >= 4 is 11.8 Å². The second kappa shape index (κ2) is 10.2. The minimum atomic E-state index is -0.0470. The second-order valence-corrected chi connectivity index (χ2v) is 9.22. The number of benzene rings is 4. The van der Waals surface area contributed by atoms with Crippen molar-refractivity contribution in [3.05, 3.63) is 144 Å². The van der Waals surface area contributed by atoms with E-state index in [9.17, 15) is 0 Å². The van der Waals surface area contributed by atoms with Gasteiger partial charge in [-0.3, -0.25) is 0 Å².